The minimum absolute atomic E-state index is 0.0448. The van der Waals surface area contributed by atoms with Gasteiger partial charge in [-0.05, 0) is 38.0 Å². The molecule has 1 saturated carbocycles. The number of nitrogens with one attached hydrogen (secondary N) is 2. The number of fused-ring (bicyclic) bond motifs is 1. The standard InChI is InChI=1S/C16H21N3O/c1-16(17)9-3-2-5-12(16)15(20)19-14-7-4-6-13-11(14)8-10-18-13/h4,6-8,10,12,18H,2-3,5,9,17H2,1H3,(H,19,20). The maximum Gasteiger partial charge on any atom is 0.229 e. The van der Waals surface area contributed by atoms with Crippen molar-refractivity contribution in [2.24, 2.45) is 11.7 Å². The number of anilines is 1. The predicted molar refractivity (Wildman–Crippen MR) is 81.5 cm³/mol. The number of aromatic nitrogens is 1. The number of H-pyrrole nitrogens is 1. The molecule has 0 bridgehead atoms. The lowest BCUT2D eigenvalue weighted by molar-refractivity contribution is -0.122. The van der Waals surface area contributed by atoms with E-state index in [0.717, 1.165) is 42.3 Å². The average Bonchev–Trinajstić information content (AvgIpc) is 2.87. The molecule has 20 heavy (non-hydrogen) atoms. The fourth-order valence-electron chi connectivity index (χ4n) is 3.20. The summed E-state index contributed by atoms with van der Waals surface area (Å²) in [4.78, 5) is 15.7. The van der Waals surface area contributed by atoms with Gasteiger partial charge in [0, 0.05) is 22.6 Å². The summed E-state index contributed by atoms with van der Waals surface area (Å²) in [5.74, 6) is -0.0613. The summed E-state index contributed by atoms with van der Waals surface area (Å²) >= 11 is 0. The fourth-order valence-corrected chi connectivity index (χ4v) is 3.20. The number of nitrogens with two attached hydrogens (primary N) is 1. The van der Waals surface area contributed by atoms with Gasteiger partial charge in [-0.25, -0.2) is 0 Å². The predicted octanol–water partition coefficient (Wildman–Crippen LogP) is 3.01. The van der Waals surface area contributed by atoms with E-state index in [1.807, 2.05) is 37.4 Å². The van der Waals surface area contributed by atoms with Gasteiger partial charge in [-0.2, -0.15) is 0 Å². The number of carbonyl (C=O) groups is 1. The highest BCUT2D eigenvalue weighted by atomic mass is 16.1. The number of hydrogen-bond acceptors (Lipinski definition) is 2. The van der Waals surface area contributed by atoms with E-state index in [9.17, 15) is 4.79 Å². The van der Waals surface area contributed by atoms with Crippen molar-refractivity contribution < 1.29 is 4.79 Å². The molecule has 0 saturated heterocycles. The van der Waals surface area contributed by atoms with Crippen LogP contribution in [-0.2, 0) is 4.79 Å². The third kappa shape index (κ3) is 2.31. The number of aromatic amines is 1. The lowest BCUT2D eigenvalue weighted by Gasteiger charge is -2.37. The SMILES string of the molecule is CC1(N)CCCCC1C(=O)Nc1cccc2[nH]ccc12. The van der Waals surface area contributed by atoms with Gasteiger partial charge in [-0.15, -0.1) is 0 Å². The summed E-state index contributed by atoms with van der Waals surface area (Å²) in [5.41, 5.74) is 7.79. The van der Waals surface area contributed by atoms with E-state index in [4.69, 9.17) is 5.73 Å². The Morgan fingerprint density at radius 3 is 3.05 bits per heavy atom. The molecule has 4 heteroatoms. The molecule has 1 amide bonds. The largest absolute Gasteiger partial charge is 0.361 e. The quantitative estimate of drug-likeness (QED) is 0.785. The van der Waals surface area contributed by atoms with Gasteiger partial charge in [0.2, 0.25) is 5.91 Å². The van der Waals surface area contributed by atoms with Crippen LogP contribution < -0.4 is 11.1 Å². The van der Waals surface area contributed by atoms with Crippen molar-refractivity contribution >= 4 is 22.5 Å². The number of hydrogen-bond donors (Lipinski definition) is 3. The second kappa shape index (κ2) is 4.94. The molecule has 0 radical (unpaired) electrons. The van der Waals surface area contributed by atoms with Crippen molar-refractivity contribution in [1.82, 2.24) is 4.98 Å². The molecule has 4 N–H and O–H groups in total. The van der Waals surface area contributed by atoms with E-state index in [0.29, 0.717) is 0 Å². The van der Waals surface area contributed by atoms with Gasteiger partial charge in [0.1, 0.15) is 0 Å². The van der Waals surface area contributed by atoms with Crippen LogP contribution in [0.1, 0.15) is 32.6 Å². The van der Waals surface area contributed by atoms with Crippen LogP contribution in [0.3, 0.4) is 0 Å². The Hall–Kier alpha value is -1.81. The number of amides is 1. The molecule has 1 aliphatic rings. The Bertz CT molecular complexity index is 629. The first-order chi connectivity index (χ1) is 9.58. The van der Waals surface area contributed by atoms with Crippen LogP contribution >= 0.6 is 0 Å². The minimum atomic E-state index is -0.394. The summed E-state index contributed by atoms with van der Waals surface area (Å²) in [6, 6.07) is 7.85. The van der Waals surface area contributed by atoms with Gasteiger partial charge in [0.25, 0.3) is 0 Å². The lowest BCUT2D eigenvalue weighted by Crippen LogP contribution is -2.51. The molecule has 1 fully saturated rings. The zero-order chi connectivity index (χ0) is 14.2. The van der Waals surface area contributed by atoms with Crippen LogP contribution in [0, 0.1) is 5.92 Å². The van der Waals surface area contributed by atoms with Crippen molar-refractivity contribution in [3.8, 4) is 0 Å². The maximum atomic E-state index is 12.5. The molecule has 1 aromatic carbocycles. The highest BCUT2D eigenvalue weighted by Gasteiger charge is 2.37. The first-order valence-electron chi connectivity index (χ1n) is 7.24. The summed E-state index contributed by atoms with van der Waals surface area (Å²) in [6.45, 7) is 1.99. The minimum Gasteiger partial charge on any atom is -0.361 e. The van der Waals surface area contributed by atoms with E-state index in [-0.39, 0.29) is 11.8 Å². The van der Waals surface area contributed by atoms with Gasteiger partial charge in [0.15, 0.2) is 0 Å². The second-order valence-electron chi connectivity index (χ2n) is 6.04. The molecule has 0 aliphatic heterocycles. The van der Waals surface area contributed by atoms with Crippen molar-refractivity contribution in [2.45, 2.75) is 38.1 Å². The van der Waals surface area contributed by atoms with Gasteiger partial charge in [-0.1, -0.05) is 18.9 Å². The number of rotatable bonds is 2. The summed E-state index contributed by atoms with van der Waals surface area (Å²) in [6.07, 6.45) is 5.87. The van der Waals surface area contributed by atoms with Crippen LogP contribution in [0.25, 0.3) is 10.9 Å². The lowest BCUT2D eigenvalue weighted by atomic mass is 9.74. The van der Waals surface area contributed by atoms with E-state index in [1.165, 1.54) is 0 Å². The van der Waals surface area contributed by atoms with Crippen molar-refractivity contribution in [2.75, 3.05) is 5.32 Å². The first-order valence-corrected chi connectivity index (χ1v) is 7.24. The molecule has 0 spiro atoms. The molecule has 3 rings (SSSR count). The molecule has 2 atom stereocenters. The molecule has 1 aromatic heterocycles. The third-order valence-electron chi connectivity index (χ3n) is 4.42. The molecule has 106 valence electrons. The van der Waals surface area contributed by atoms with E-state index in [1.54, 1.807) is 0 Å². The fraction of sp³-hybridized carbons (Fsp3) is 0.438. The Morgan fingerprint density at radius 1 is 1.40 bits per heavy atom. The van der Waals surface area contributed by atoms with Gasteiger partial charge in [-0.3, -0.25) is 4.79 Å². The smallest absolute Gasteiger partial charge is 0.229 e. The van der Waals surface area contributed by atoms with Crippen molar-refractivity contribution in [3.63, 3.8) is 0 Å². The first kappa shape index (κ1) is 13.2. The number of benzene rings is 1. The Labute approximate surface area is 118 Å². The van der Waals surface area contributed by atoms with E-state index < -0.39 is 5.54 Å². The highest BCUT2D eigenvalue weighted by molar-refractivity contribution is 6.02. The van der Waals surface area contributed by atoms with Crippen molar-refractivity contribution in [3.05, 3.63) is 30.5 Å². The van der Waals surface area contributed by atoms with Gasteiger partial charge >= 0.3 is 0 Å². The van der Waals surface area contributed by atoms with Crippen molar-refractivity contribution in [1.29, 1.82) is 0 Å². The van der Waals surface area contributed by atoms with E-state index >= 15 is 0 Å². The Kier molecular flexibility index (Phi) is 3.26. The van der Waals surface area contributed by atoms with Crippen LogP contribution in [0.4, 0.5) is 5.69 Å². The van der Waals surface area contributed by atoms with Gasteiger partial charge < -0.3 is 16.0 Å². The molecule has 2 unspecified atom stereocenters. The van der Waals surface area contributed by atoms with Crippen LogP contribution in [0.5, 0.6) is 0 Å². The summed E-state index contributed by atoms with van der Waals surface area (Å²) in [7, 11) is 0. The topological polar surface area (TPSA) is 70.9 Å². The average molecular weight is 271 g/mol. The molecule has 2 aromatic rings. The summed E-state index contributed by atoms with van der Waals surface area (Å²) < 4.78 is 0. The van der Waals surface area contributed by atoms with E-state index in [2.05, 4.69) is 10.3 Å². The zero-order valence-corrected chi connectivity index (χ0v) is 11.8. The summed E-state index contributed by atoms with van der Waals surface area (Å²) in [5, 5.41) is 4.09. The van der Waals surface area contributed by atoms with Crippen LogP contribution in [-0.4, -0.2) is 16.4 Å². The third-order valence-corrected chi connectivity index (χ3v) is 4.42. The maximum absolute atomic E-state index is 12.5. The molecule has 4 nitrogen and oxygen atoms in total. The molecule has 1 aliphatic carbocycles. The monoisotopic (exact) mass is 271 g/mol. The highest BCUT2D eigenvalue weighted by Crippen LogP contribution is 2.33. The van der Waals surface area contributed by atoms with Crippen LogP contribution in [0.2, 0.25) is 0 Å². The zero-order valence-electron chi connectivity index (χ0n) is 11.8. The molecular weight excluding hydrogens is 250 g/mol. The second-order valence-corrected chi connectivity index (χ2v) is 6.04. The Morgan fingerprint density at radius 2 is 2.25 bits per heavy atom. The Balaban J connectivity index is 1.83. The molecular formula is C16H21N3O. The normalized spacial score (nSPS) is 26.6. The molecule has 1 heterocycles. The number of carbonyl (C=O) groups excluding carboxylic acids is 1. The van der Waals surface area contributed by atoms with Gasteiger partial charge in [0.05, 0.1) is 11.6 Å². The van der Waals surface area contributed by atoms with Crippen LogP contribution in [0.15, 0.2) is 30.5 Å².